The fraction of sp³-hybridized carbons (Fsp3) is 0.667. The molecule has 1 aromatic rings. The van der Waals surface area contributed by atoms with Gasteiger partial charge < -0.3 is 20.1 Å². The molecule has 1 aromatic carbocycles. The Balaban J connectivity index is 3.07. The summed E-state index contributed by atoms with van der Waals surface area (Å²) in [5, 5.41) is 13.9. The van der Waals surface area contributed by atoms with E-state index in [1.165, 1.54) is 11.8 Å². The van der Waals surface area contributed by atoms with Gasteiger partial charge in [-0.15, -0.1) is 0 Å². The van der Waals surface area contributed by atoms with Crippen LogP contribution >= 0.6 is 0 Å². The van der Waals surface area contributed by atoms with Gasteiger partial charge in [-0.3, -0.25) is 4.79 Å². The van der Waals surface area contributed by atoms with Crippen molar-refractivity contribution in [1.82, 2.24) is 10.2 Å². The number of sulfone groups is 1. The Morgan fingerprint density at radius 2 is 1.67 bits per heavy atom. The monoisotopic (exact) mass is 484 g/mol. The number of amides is 2. The summed E-state index contributed by atoms with van der Waals surface area (Å²) in [7, 11) is -3.34. The number of rotatable bonds is 11. The maximum atomic E-state index is 12.7. The summed E-state index contributed by atoms with van der Waals surface area (Å²) in [6.07, 6.45) is -0.225. The van der Waals surface area contributed by atoms with Crippen LogP contribution < -0.4 is 5.32 Å². The molecule has 3 atom stereocenters. The molecule has 33 heavy (non-hydrogen) atoms. The second-order valence-corrected chi connectivity index (χ2v) is 12.3. The van der Waals surface area contributed by atoms with Gasteiger partial charge in [0.25, 0.3) is 0 Å². The molecule has 0 aliphatic heterocycles. The van der Waals surface area contributed by atoms with Gasteiger partial charge in [0.05, 0.1) is 24.4 Å². The summed E-state index contributed by atoms with van der Waals surface area (Å²) in [6.45, 7) is 11.1. The van der Waals surface area contributed by atoms with Gasteiger partial charge in [0.1, 0.15) is 15.4 Å². The number of aliphatic hydroxyl groups is 1. The molecule has 0 bridgehead atoms. The molecular weight excluding hydrogens is 444 g/mol. The van der Waals surface area contributed by atoms with Crippen molar-refractivity contribution in [3.05, 3.63) is 35.9 Å². The van der Waals surface area contributed by atoms with Gasteiger partial charge in [-0.05, 0) is 38.7 Å². The Morgan fingerprint density at radius 3 is 2.15 bits per heavy atom. The topological polar surface area (TPSA) is 113 Å². The second-order valence-electron chi connectivity index (χ2n) is 10.1. The van der Waals surface area contributed by atoms with E-state index >= 15 is 0 Å². The highest BCUT2D eigenvalue weighted by molar-refractivity contribution is 7.90. The van der Waals surface area contributed by atoms with Crippen molar-refractivity contribution >= 4 is 21.8 Å². The molecule has 8 nitrogen and oxygen atoms in total. The predicted octanol–water partition coefficient (Wildman–Crippen LogP) is 2.65. The highest BCUT2D eigenvalue weighted by Gasteiger charge is 2.30. The maximum Gasteiger partial charge on any atom is 0.410 e. The van der Waals surface area contributed by atoms with Crippen LogP contribution in [0.5, 0.6) is 0 Å². The molecule has 2 N–H and O–H groups in total. The molecule has 0 saturated heterocycles. The van der Waals surface area contributed by atoms with Crippen LogP contribution in [0.2, 0.25) is 0 Å². The Hall–Kier alpha value is -2.13. The summed E-state index contributed by atoms with van der Waals surface area (Å²) in [4.78, 5) is 26.9. The Morgan fingerprint density at radius 1 is 1.09 bits per heavy atom. The number of hydrogen-bond donors (Lipinski definition) is 2. The lowest BCUT2D eigenvalue weighted by molar-refractivity contribution is -0.125. The largest absolute Gasteiger partial charge is 0.444 e. The molecule has 1 rings (SSSR count). The van der Waals surface area contributed by atoms with Gasteiger partial charge in [-0.1, -0.05) is 51.1 Å². The van der Waals surface area contributed by atoms with E-state index in [1.807, 2.05) is 44.2 Å². The number of nitrogens with one attached hydrogen (secondary N) is 1. The lowest BCUT2D eigenvalue weighted by Crippen LogP contribution is -2.53. The van der Waals surface area contributed by atoms with Gasteiger partial charge in [0, 0.05) is 18.7 Å². The number of carbonyl (C=O) groups is 2. The zero-order valence-corrected chi connectivity index (χ0v) is 21.7. The van der Waals surface area contributed by atoms with E-state index in [4.69, 9.17) is 4.74 Å². The van der Waals surface area contributed by atoms with Gasteiger partial charge in [-0.2, -0.15) is 0 Å². The first-order chi connectivity index (χ1) is 15.1. The first-order valence-corrected chi connectivity index (χ1v) is 13.3. The zero-order chi connectivity index (χ0) is 25.4. The lowest BCUT2D eigenvalue weighted by atomic mass is 9.99. The van der Waals surface area contributed by atoms with Crippen molar-refractivity contribution in [2.45, 2.75) is 65.7 Å². The van der Waals surface area contributed by atoms with E-state index in [0.717, 1.165) is 11.8 Å². The highest BCUT2D eigenvalue weighted by atomic mass is 32.2. The average Bonchev–Trinajstić information content (AvgIpc) is 2.64. The summed E-state index contributed by atoms with van der Waals surface area (Å²) in [5.41, 5.74) is 0.209. The van der Waals surface area contributed by atoms with E-state index in [9.17, 15) is 23.1 Å². The average molecular weight is 485 g/mol. The molecular formula is C24H40N2O6S. The maximum absolute atomic E-state index is 12.7. The first-order valence-electron chi connectivity index (χ1n) is 11.3. The molecule has 0 aliphatic rings. The van der Waals surface area contributed by atoms with Crippen LogP contribution in [0, 0.1) is 11.8 Å². The van der Waals surface area contributed by atoms with Crippen molar-refractivity contribution < 1.29 is 27.9 Å². The van der Waals surface area contributed by atoms with Crippen molar-refractivity contribution in [2.75, 3.05) is 25.1 Å². The molecule has 2 amide bonds. The third kappa shape index (κ3) is 12.1. The minimum atomic E-state index is -3.34. The van der Waals surface area contributed by atoms with E-state index in [1.54, 1.807) is 20.8 Å². The first kappa shape index (κ1) is 28.9. The van der Waals surface area contributed by atoms with E-state index in [0.29, 0.717) is 13.0 Å². The molecule has 0 fully saturated rings. The number of aliphatic hydroxyl groups excluding tert-OH is 1. The van der Waals surface area contributed by atoms with E-state index < -0.39 is 45.5 Å². The normalized spacial score (nSPS) is 14.9. The lowest BCUT2D eigenvalue weighted by Gasteiger charge is -2.33. The number of nitrogens with zero attached hydrogens (tertiary/aromatic N) is 1. The van der Waals surface area contributed by atoms with Crippen LogP contribution in [0.25, 0.3) is 0 Å². The fourth-order valence-electron chi connectivity index (χ4n) is 3.35. The van der Waals surface area contributed by atoms with Crippen molar-refractivity contribution in [2.24, 2.45) is 11.8 Å². The van der Waals surface area contributed by atoms with Crippen LogP contribution in [0.3, 0.4) is 0 Å². The molecule has 0 spiro atoms. The quantitative estimate of drug-likeness (QED) is 0.499. The second kappa shape index (κ2) is 12.4. The van der Waals surface area contributed by atoms with Crippen LogP contribution in [-0.2, 0) is 25.8 Å². The minimum absolute atomic E-state index is 0.0364. The third-order valence-electron chi connectivity index (χ3n) is 4.74. The smallest absolute Gasteiger partial charge is 0.410 e. The molecule has 0 heterocycles. The van der Waals surface area contributed by atoms with Crippen LogP contribution in [0.15, 0.2) is 30.3 Å². The van der Waals surface area contributed by atoms with Crippen molar-refractivity contribution in [1.29, 1.82) is 0 Å². The van der Waals surface area contributed by atoms with Gasteiger partial charge >= 0.3 is 6.09 Å². The van der Waals surface area contributed by atoms with Crippen LogP contribution in [0.4, 0.5) is 4.79 Å². The Kier molecular flexibility index (Phi) is 10.8. The summed E-state index contributed by atoms with van der Waals surface area (Å²) in [6, 6.07) is 8.63. The predicted molar refractivity (Wildman–Crippen MR) is 130 cm³/mol. The number of carbonyl (C=O) groups excluding carboxylic acids is 2. The molecule has 0 saturated carbocycles. The van der Waals surface area contributed by atoms with E-state index in [-0.39, 0.29) is 18.2 Å². The summed E-state index contributed by atoms with van der Waals surface area (Å²) >= 11 is 0. The SMILES string of the molecule is CC(C)CN(CC(O)C(Cc1ccccc1)NC(=O)C(C)CS(C)(=O)=O)C(=O)OC(C)(C)C. The minimum Gasteiger partial charge on any atom is -0.444 e. The molecule has 0 radical (unpaired) electrons. The molecule has 9 heteroatoms. The van der Waals surface area contributed by atoms with E-state index in [2.05, 4.69) is 5.32 Å². The van der Waals surface area contributed by atoms with Gasteiger partial charge in [0.2, 0.25) is 5.91 Å². The summed E-state index contributed by atoms with van der Waals surface area (Å²) in [5.74, 6) is -1.39. The molecule has 3 unspecified atom stereocenters. The third-order valence-corrected chi connectivity index (χ3v) is 5.84. The molecule has 188 valence electrons. The zero-order valence-electron chi connectivity index (χ0n) is 20.9. The van der Waals surface area contributed by atoms with Crippen LogP contribution in [-0.4, -0.2) is 73.3 Å². The molecule has 0 aromatic heterocycles. The number of benzene rings is 1. The number of ether oxygens (including phenoxy) is 1. The van der Waals surface area contributed by atoms with Crippen LogP contribution in [0.1, 0.15) is 47.1 Å². The van der Waals surface area contributed by atoms with Gasteiger partial charge in [-0.25, -0.2) is 13.2 Å². The van der Waals surface area contributed by atoms with Gasteiger partial charge in [0.15, 0.2) is 0 Å². The standard InChI is InChI=1S/C24H40N2O6S/c1-17(2)14-26(23(29)32-24(4,5)6)15-21(27)20(13-19-11-9-8-10-12-19)25-22(28)18(3)16-33(7,30)31/h8-12,17-18,20-21,27H,13-16H2,1-7H3,(H,25,28). The Bertz CT molecular complexity index is 865. The molecule has 0 aliphatic carbocycles. The van der Waals surface area contributed by atoms with Crippen molar-refractivity contribution in [3.8, 4) is 0 Å². The summed E-state index contributed by atoms with van der Waals surface area (Å²) < 4.78 is 28.7. The highest BCUT2D eigenvalue weighted by Crippen LogP contribution is 2.15. The number of hydrogen-bond acceptors (Lipinski definition) is 6. The Labute approximate surface area is 198 Å². The van der Waals surface area contributed by atoms with Crippen molar-refractivity contribution in [3.63, 3.8) is 0 Å². The fourth-order valence-corrected chi connectivity index (χ4v) is 4.41.